The van der Waals surface area contributed by atoms with E-state index < -0.39 is 12.2 Å². The van der Waals surface area contributed by atoms with Crippen molar-refractivity contribution in [3.8, 4) is 0 Å². The summed E-state index contributed by atoms with van der Waals surface area (Å²) in [6.07, 6.45) is -1.24. The maximum atomic E-state index is 13.1. The minimum Gasteiger partial charge on any atom is -0.366 e. The number of pyridine rings is 1. The first-order chi connectivity index (χ1) is 10.5. The fraction of sp³-hybridized carbons (Fsp3) is 0.667. The van der Waals surface area contributed by atoms with Gasteiger partial charge in [-0.05, 0) is 37.8 Å². The van der Waals surface area contributed by atoms with Gasteiger partial charge in [-0.3, -0.25) is 0 Å². The molecule has 0 spiro atoms. The lowest BCUT2D eigenvalue weighted by Gasteiger charge is -2.41. The van der Waals surface area contributed by atoms with Gasteiger partial charge in [0.2, 0.25) is 0 Å². The minimum absolute atomic E-state index is 0.157. The molecule has 4 nitrogen and oxygen atoms in total. The maximum absolute atomic E-state index is 13.1. The third-order valence-corrected chi connectivity index (χ3v) is 4.89. The summed E-state index contributed by atoms with van der Waals surface area (Å²) in [6.45, 7) is 2.38. The molecule has 1 unspecified atom stereocenters. The summed E-state index contributed by atoms with van der Waals surface area (Å²) in [6, 6.07) is 2.61. The SMILES string of the molecule is FC(F)(F)C1CCCN1c1ccc2c(n1)N[C@H]1CCCN2C1. The molecule has 1 aromatic heterocycles. The molecule has 3 aliphatic rings. The lowest BCUT2D eigenvalue weighted by Crippen LogP contribution is -2.47. The van der Waals surface area contributed by atoms with E-state index in [-0.39, 0.29) is 6.42 Å². The Bertz CT molecular complexity index is 574. The van der Waals surface area contributed by atoms with Gasteiger partial charge in [0.15, 0.2) is 5.82 Å². The number of hydrogen-bond acceptors (Lipinski definition) is 4. The topological polar surface area (TPSA) is 31.4 Å². The Labute approximate surface area is 127 Å². The third kappa shape index (κ3) is 2.27. The van der Waals surface area contributed by atoms with Crippen molar-refractivity contribution in [1.82, 2.24) is 4.98 Å². The highest BCUT2D eigenvalue weighted by molar-refractivity contribution is 5.72. The van der Waals surface area contributed by atoms with E-state index in [0.717, 1.165) is 37.4 Å². The molecule has 2 fully saturated rings. The molecule has 22 heavy (non-hydrogen) atoms. The first-order valence-electron chi connectivity index (χ1n) is 7.88. The summed E-state index contributed by atoms with van der Waals surface area (Å²) in [5.74, 6) is 1.17. The molecule has 2 saturated heterocycles. The van der Waals surface area contributed by atoms with Crippen LogP contribution in [0, 0.1) is 0 Å². The highest BCUT2D eigenvalue weighted by Gasteiger charge is 2.46. The quantitative estimate of drug-likeness (QED) is 0.864. The van der Waals surface area contributed by atoms with E-state index in [2.05, 4.69) is 15.2 Å². The fourth-order valence-corrected chi connectivity index (χ4v) is 3.85. The second-order valence-electron chi connectivity index (χ2n) is 6.36. The molecule has 0 aromatic carbocycles. The molecule has 1 N–H and O–H groups in total. The number of fused-ring (bicyclic) bond motifs is 4. The van der Waals surface area contributed by atoms with Gasteiger partial charge in [-0.2, -0.15) is 13.2 Å². The molecule has 4 rings (SSSR count). The first-order valence-corrected chi connectivity index (χ1v) is 7.88. The highest BCUT2D eigenvalue weighted by Crippen LogP contribution is 2.39. The molecule has 2 atom stereocenters. The van der Waals surface area contributed by atoms with Gasteiger partial charge in [-0.25, -0.2) is 4.98 Å². The molecule has 2 bridgehead atoms. The van der Waals surface area contributed by atoms with Crippen LogP contribution < -0.4 is 15.1 Å². The van der Waals surface area contributed by atoms with Crippen LogP contribution in [0.5, 0.6) is 0 Å². The van der Waals surface area contributed by atoms with E-state index in [0.29, 0.717) is 24.8 Å². The van der Waals surface area contributed by atoms with Crippen molar-refractivity contribution in [3.63, 3.8) is 0 Å². The second kappa shape index (κ2) is 4.93. The summed E-state index contributed by atoms with van der Waals surface area (Å²) in [5, 5.41) is 3.39. The Morgan fingerprint density at radius 1 is 1.14 bits per heavy atom. The largest absolute Gasteiger partial charge is 0.408 e. The fourth-order valence-electron chi connectivity index (χ4n) is 3.85. The summed E-state index contributed by atoms with van der Waals surface area (Å²) in [5.41, 5.74) is 1.02. The van der Waals surface area contributed by atoms with E-state index in [1.165, 1.54) is 4.90 Å². The number of alkyl halides is 3. The summed E-state index contributed by atoms with van der Waals surface area (Å²) in [4.78, 5) is 8.20. The Hall–Kier alpha value is -1.66. The standard InChI is InChI=1S/C15H19F3N4/c16-15(17,18)12-4-2-8-22(12)13-6-5-11-14(20-13)19-10-3-1-7-21(11)9-10/h5-6,10,12H,1-4,7-9H2,(H,19,20)/t10-,12?/m0/s1. The minimum atomic E-state index is -4.19. The van der Waals surface area contributed by atoms with Gasteiger partial charge < -0.3 is 15.1 Å². The monoisotopic (exact) mass is 312 g/mol. The van der Waals surface area contributed by atoms with Crippen LogP contribution in [-0.2, 0) is 0 Å². The van der Waals surface area contributed by atoms with Crippen molar-refractivity contribution in [2.75, 3.05) is 34.8 Å². The number of rotatable bonds is 1. The lowest BCUT2D eigenvalue weighted by atomic mass is 10.0. The highest BCUT2D eigenvalue weighted by atomic mass is 19.4. The predicted octanol–water partition coefficient (Wildman–Crippen LogP) is 3.01. The van der Waals surface area contributed by atoms with Gasteiger partial charge >= 0.3 is 6.18 Å². The number of hydrogen-bond donors (Lipinski definition) is 1. The average Bonchev–Trinajstić information content (AvgIpc) is 2.96. The number of aromatic nitrogens is 1. The molecule has 0 aliphatic carbocycles. The van der Waals surface area contributed by atoms with Gasteiger partial charge in [-0.1, -0.05) is 0 Å². The average molecular weight is 312 g/mol. The van der Waals surface area contributed by atoms with Crippen LogP contribution in [0.25, 0.3) is 0 Å². The van der Waals surface area contributed by atoms with Crippen molar-refractivity contribution in [3.05, 3.63) is 12.1 Å². The van der Waals surface area contributed by atoms with Crippen LogP contribution in [-0.4, -0.2) is 42.9 Å². The van der Waals surface area contributed by atoms with Crippen LogP contribution in [0.3, 0.4) is 0 Å². The summed E-state index contributed by atoms with van der Waals surface area (Å²) >= 11 is 0. The van der Waals surface area contributed by atoms with Crippen molar-refractivity contribution in [2.45, 2.75) is 43.9 Å². The molecular formula is C15H19F3N4. The van der Waals surface area contributed by atoms with Crippen LogP contribution in [0.2, 0.25) is 0 Å². The molecule has 120 valence electrons. The lowest BCUT2D eigenvalue weighted by molar-refractivity contribution is -0.146. The molecular weight excluding hydrogens is 293 g/mol. The third-order valence-electron chi connectivity index (χ3n) is 4.89. The Morgan fingerprint density at radius 3 is 2.77 bits per heavy atom. The van der Waals surface area contributed by atoms with Crippen LogP contribution in [0.15, 0.2) is 12.1 Å². The molecule has 0 amide bonds. The molecule has 7 heteroatoms. The van der Waals surface area contributed by atoms with E-state index in [1.54, 1.807) is 6.07 Å². The van der Waals surface area contributed by atoms with Crippen molar-refractivity contribution in [2.24, 2.45) is 0 Å². The normalized spacial score (nSPS) is 27.6. The van der Waals surface area contributed by atoms with Gasteiger partial charge in [0.05, 0.1) is 5.69 Å². The zero-order valence-corrected chi connectivity index (χ0v) is 12.2. The zero-order valence-electron chi connectivity index (χ0n) is 12.2. The van der Waals surface area contributed by atoms with E-state index in [1.807, 2.05) is 6.07 Å². The molecule has 0 saturated carbocycles. The molecule has 1 aromatic rings. The second-order valence-corrected chi connectivity index (χ2v) is 6.36. The predicted molar refractivity (Wildman–Crippen MR) is 79.5 cm³/mol. The molecule has 0 radical (unpaired) electrons. The maximum Gasteiger partial charge on any atom is 0.408 e. The molecule has 3 aliphatic heterocycles. The Balaban J connectivity index is 1.65. The van der Waals surface area contributed by atoms with Gasteiger partial charge in [0, 0.05) is 25.7 Å². The first kappa shape index (κ1) is 14.0. The van der Waals surface area contributed by atoms with Gasteiger partial charge in [0.1, 0.15) is 11.9 Å². The van der Waals surface area contributed by atoms with Crippen molar-refractivity contribution < 1.29 is 13.2 Å². The van der Waals surface area contributed by atoms with E-state index >= 15 is 0 Å². The number of piperidine rings is 1. The summed E-state index contributed by atoms with van der Waals surface area (Å²) < 4.78 is 39.4. The number of halogens is 3. The van der Waals surface area contributed by atoms with E-state index in [4.69, 9.17) is 0 Å². The van der Waals surface area contributed by atoms with Gasteiger partial charge in [-0.15, -0.1) is 0 Å². The molecule has 4 heterocycles. The van der Waals surface area contributed by atoms with Gasteiger partial charge in [0.25, 0.3) is 0 Å². The summed E-state index contributed by atoms with van der Waals surface area (Å²) in [7, 11) is 0. The smallest absolute Gasteiger partial charge is 0.366 e. The van der Waals surface area contributed by atoms with Crippen molar-refractivity contribution in [1.29, 1.82) is 0 Å². The Morgan fingerprint density at radius 2 is 1.95 bits per heavy atom. The van der Waals surface area contributed by atoms with Crippen LogP contribution in [0.4, 0.5) is 30.5 Å². The van der Waals surface area contributed by atoms with E-state index in [9.17, 15) is 13.2 Å². The van der Waals surface area contributed by atoms with Crippen LogP contribution in [0.1, 0.15) is 25.7 Å². The number of nitrogens with one attached hydrogen (secondary N) is 1. The van der Waals surface area contributed by atoms with Crippen LogP contribution >= 0.6 is 0 Å². The zero-order chi connectivity index (χ0) is 15.3. The number of nitrogens with zero attached hydrogens (tertiary/aromatic N) is 3. The number of anilines is 3. The van der Waals surface area contributed by atoms with Crippen molar-refractivity contribution >= 4 is 17.3 Å². The Kier molecular flexibility index (Phi) is 3.13.